The molecule has 306 valence electrons. The lowest BCUT2D eigenvalue weighted by atomic mass is 9.49. The van der Waals surface area contributed by atoms with Crippen molar-refractivity contribution < 1.29 is 33.4 Å². The molecule has 15 nitrogen and oxygen atoms in total. The van der Waals surface area contributed by atoms with Gasteiger partial charge in [0.25, 0.3) is 17.7 Å². The van der Waals surface area contributed by atoms with Crippen LogP contribution in [0.4, 0.5) is 5.82 Å². The predicted molar refractivity (Wildman–Crippen MR) is 214 cm³/mol. The van der Waals surface area contributed by atoms with Crippen molar-refractivity contribution in [3.63, 3.8) is 0 Å². The highest BCUT2D eigenvalue weighted by molar-refractivity contribution is 6.23. The number of amides is 5. The molecular weight excluding hydrogens is 753 g/mol. The fourth-order valence-corrected chi connectivity index (χ4v) is 9.19. The molecule has 3 aromatic rings. The van der Waals surface area contributed by atoms with Crippen LogP contribution in [0, 0.1) is 33.5 Å². The van der Waals surface area contributed by atoms with Crippen LogP contribution in [0.5, 0.6) is 11.5 Å². The average molecular weight is 801 g/mol. The van der Waals surface area contributed by atoms with Gasteiger partial charge in [0.15, 0.2) is 0 Å². The summed E-state index contributed by atoms with van der Waals surface area (Å²) in [5.74, 6) is -0.522. The van der Waals surface area contributed by atoms with Gasteiger partial charge < -0.3 is 19.7 Å². The van der Waals surface area contributed by atoms with Crippen LogP contribution in [-0.4, -0.2) is 102 Å². The number of nitrogens with zero attached hydrogens (tertiary/aromatic N) is 6. The molecule has 15 heteroatoms. The molecule has 0 spiro atoms. The van der Waals surface area contributed by atoms with Gasteiger partial charge in [-0.3, -0.25) is 39.1 Å². The molecule has 1 unspecified atom stereocenters. The van der Waals surface area contributed by atoms with E-state index in [0.717, 1.165) is 62.7 Å². The Balaban J connectivity index is 0.811. The van der Waals surface area contributed by atoms with Gasteiger partial charge in [-0.2, -0.15) is 10.5 Å². The Morgan fingerprint density at radius 2 is 1.58 bits per heavy atom. The number of fused-ring (bicyclic) bond motifs is 1. The molecule has 1 atom stereocenters. The number of nitriles is 2. The zero-order valence-electron chi connectivity index (χ0n) is 33.7. The van der Waals surface area contributed by atoms with Gasteiger partial charge in [-0.05, 0) is 80.8 Å². The summed E-state index contributed by atoms with van der Waals surface area (Å²) >= 11 is 0. The predicted octanol–water partition coefficient (Wildman–Crippen LogP) is 4.21. The van der Waals surface area contributed by atoms with Crippen molar-refractivity contribution in [2.24, 2.45) is 10.8 Å². The molecule has 0 bridgehead atoms. The van der Waals surface area contributed by atoms with Crippen molar-refractivity contribution in [2.45, 2.75) is 78.0 Å². The summed E-state index contributed by atoms with van der Waals surface area (Å²) in [5, 5.41) is 24.1. The van der Waals surface area contributed by atoms with Crippen molar-refractivity contribution in [1.29, 1.82) is 10.5 Å². The minimum absolute atomic E-state index is 0.0697. The molecule has 0 radical (unpaired) electrons. The average Bonchev–Trinajstić information content (AvgIpc) is 3.47. The Morgan fingerprint density at radius 1 is 0.864 bits per heavy atom. The van der Waals surface area contributed by atoms with E-state index in [1.165, 1.54) is 0 Å². The van der Waals surface area contributed by atoms with Gasteiger partial charge in [0.05, 0.1) is 34.4 Å². The van der Waals surface area contributed by atoms with Gasteiger partial charge in [-0.15, -0.1) is 0 Å². The van der Waals surface area contributed by atoms with E-state index in [1.54, 1.807) is 42.6 Å². The largest absolute Gasteiger partial charge is 0.494 e. The second kappa shape index (κ2) is 16.5. The van der Waals surface area contributed by atoms with Crippen LogP contribution in [0.3, 0.4) is 0 Å². The van der Waals surface area contributed by atoms with Crippen LogP contribution in [-0.2, 0) is 9.59 Å². The Hall–Kier alpha value is -6.32. The quantitative estimate of drug-likeness (QED) is 0.185. The smallest absolute Gasteiger partial charge is 0.262 e. The topological polar surface area (TPSA) is 198 Å². The van der Waals surface area contributed by atoms with Crippen LogP contribution in [0.15, 0.2) is 54.7 Å². The Labute approximate surface area is 343 Å². The van der Waals surface area contributed by atoms with Crippen molar-refractivity contribution in [3.05, 3.63) is 82.5 Å². The molecule has 4 heterocycles. The van der Waals surface area contributed by atoms with Crippen LogP contribution < -0.4 is 25.0 Å². The molecule has 1 aliphatic carbocycles. The van der Waals surface area contributed by atoms with E-state index in [0.29, 0.717) is 29.2 Å². The number of pyridine rings is 1. The first-order chi connectivity index (χ1) is 28.2. The molecule has 2 aromatic carbocycles. The van der Waals surface area contributed by atoms with Crippen molar-refractivity contribution in [3.8, 4) is 23.6 Å². The molecular formula is C44H48N8O7. The Morgan fingerprint density at radius 3 is 2.25 bits per heavy atom. The SMILES string of the molecule is CC1(C)C(NC(=O)c2ccc(N3CCN(CCCCCOc4ccc5c(c4)C(=O)N(C4CCC(=O)NC4=O)C5=O)CC3)nc2)C(C)(C)C1Oc1ccc(C#N)c(C#N)c1. The number of hydrogen-bond acceptors (Lipinski definition) is 12. The molecule has 5 amide bonds. The van der Waals surface area contributed by atoms with Crippen molar-refractivity contribution in [1.82, 2.24) is 25.4 Å². The van der Waals surface area contributed by atoms with Crippen LogP contribution in [0.2, 0.25) is 0 Å². The van der Waals surface area contributed by atoms with Gasteiger partial charge in [0, 0.05) is 55.7 Å². The molecule has 2 saturated heterocycles. The number of imide groups is 2. The highest BCUT2D eigenvalue weighted by Gasteiger charge is 2.64. The number of nitrogens with one attached hydrogen (secondary N) is 2. The second-order valence-electron chi connectivity index (χ2n) is 16.8. The van der Waals surface area contributed by atoms with Gasteiger partial charge >= 0.3 is 0 Å². The first-order valence-corrected chi connectivity index (χ1v) is 20.1. The highest BCUT2D eigenvalue weighted by atomic mass is 16.5. The lowest BCUT2D eigenvalue weighted by molar-refractivity contribution is -0.164. The summed E-state index contributed by atoms with van der Waals surface area (Å²) < 4.78 is 12.3. The molecule has 2 N–H and O–H groups in total. The zero-order valence-corrected chi connectivity index (χ0v) is 33.7. The van der Waals surface area contributed by atoms with E-state index in [-0.39, 0.29) is 47.6 Å². The fraction of sp³-hybridized carbons (Fsp3) is 0.455. The monoisotopic (exact) mass is 800 g/mol. The number of carbonyl (C=O) groups is 5. The number of piperazine rings is 1. The molecule has 1 saturated carbocycles. The number of unbranched alkanes of at least 4 members (excludes halogenated alkanes) is 2. The zero-order chi connectivity index (χ0) is 42.1. The maximum absolute atomic E-state index is 13.4. The van der Waals surface area contributed by atoms with Crippen molar-refractivity contribution >= 4 is 35.4 Å². The number of anilines is 1. The van der Waals surface area contributed by atoms with Crippen LogP contribution in [0.1, 0.15) is 102 Å². The third-order valence-electron chi connectivity index (χ3n) is 12.1. The van der Waals surface area contributed by atoms with Crippen LogP contribution in [0.25, 0.3) is 0 Å². The minimum atomic E-state index is -1.00. The molecule has 59 heavy (non-hydrogen) atoms. The van der Waals surface area contributed by atoms with Gasteiger partial charge in [-0.1, -0.05) is 27.7 Å². The molecule has 7 rings (SSSR count). The molecule has 3 aliphatic heterocycles. The van der Waals surface area contributed by atoms with E-state index >= 15 is 0 Å². The Bertz CT molecular complexity index is 2240. The van der Waals surface area contributed by atoms with Gasteiger partial charge in [0.2, 0.25) is 11.8 Å². The molecule has 4 aliphatic rings. The van der Waals surface area contributed by atoms with E-state index < -0.39 is 40.5 Å². The maximum Gasteiger partial charge on any atom is 0.262 e. The first kappa shape index (κ1) is 40.9. The number of ether oxygens (including phenoxy) is 2. The number of carbonyl (C=O) groups excluding carboxylic acids is 5. The fourth-order valence-electron chi connectivity index (χ4n) is 9.19. The summed E-state index contributed by atoms with van der Waals surface area (Å²) in [4.78, 5) is 73.6. The van der Waals surface area contributed by atoms with Crippen LogP contribution >= 0.6 is 0 Å². The highest BCUT2D eigenvalue weighted by Crippen LogP contribution is 2.55. The lowest BCUT2D eigenvalue weighted by Gasteiger charge is -2.63. The van der Waals surface area contributed by atoms with E-state index in [2.05, 4.69) is 25.4 Å². The Kier molecular flexibility index (Phi) is 11.4. The normalized spacial score (nSPS) is 22.1. The summed E-state index contributed by atoms with van der Waals surface area (Å²) in [6.45, 7) is 13.1. The van der Waals surface area contributed by atoms with Gasteiger partial charge in [-0.25, -0.2) is 4.98 Å². The number of aromatic nitrogens is 1. The number of hydrogen-bond donors (Lipinski definition) is 2. The van der Waals surface area contributed by atoms with Crippen molar-refractivity contribution in [2.75, 3.05) is 44.2 Å². The number of benzene rings is 2. The number of piperidine rings is 1. The van der Waals surface area contributed by atoms with E-state index in [1.807, 2.05) is 52.0 Å². The van der Waals surface area contributed by atoms with Gasteiger partial charge in [0.1, 0.15) is 41.6 Å². The third kappa shape index (κ3) is 8.08. The first-order valence-electron chi connectivity index (χ1n) is 20.1. The summed E-state index contributed by atoms with van der Waals surface area (Å²) in [6, 6.07) is 16.2. The summed E-state index contributed by atoms with van der Waals surface area (Å²) in [5.41, 5.74) is 0.639. The number of rotatable bonds is 13. The summed E-state index contributed by atoms with van der Waals surface area (Å²) in [7, 11) is 0. The lowest BCUT2D eigenvalue weighted by Crippen LogP contribution is -2.74. The van der Waals surface area contributed by atoms with E-state index in [9.17, 15) is 34.5 Å². The van der Waals surface area contributed by atoms with E-state index in [4.69, 9.17) is 9.47 Å². The molecule has 3 fully saturated rings. The summed E-state index contributed by atoms with van der Waals surface area (Å²) in [6.07, 6.45) is 4.34. The second-order valence-corrected chi connectivity index (χ2v) is 16.8. The standard InChI is InChI=1S/C44H48N8O7/c1-43(2)41(44(3,4)42(43)59-31-10-8-27(24-45)29(22-31)25-46)49-37(54)28-9-14-35(47-26-28)51-19-17-50(18-20-51)16-6-5-7-21-58-30-11-12-32-33(23-30)40(57)52(39(32)56)34-13-15-36(53)48-38(34)55/h8-12,14,22-23,26,34,41-42H,5-7,13,15-21H2,1-4H3,(H,49,54)(H,48,53,55). The third-order valence-corrected chi connectivity index (χ3v) is 12.1. The maximum atomic E-state index is 13.4. The molecule has 1 aromatic heterocycles. The minimum Gasteiger partial charge on any atom is -0.494 e.